The molecule has 2 unspecified atom stereocenters. The van der Waals surface area contributed by atoms with Crippen molar-refractivity contribution in [1.29, 1.82) is 0 Å². The number of hydrogen-bond donors (Lipinski definition) is 1. The number of amides is 1. The fourth-order valence-electron chi connectivity index (χ4n) is 4.10. The lowest BCUT2D eigenvalue weighted by Gasteiger charge is -2.35. The third-order valence-corrected chi connectivity index (χ3v) is 5.59. The van der Waals surface area contributed by atoms with E-state index in [4.69, 9.17) is 9.73 Å². The number of carbonyl (C=O) groups excluding carboxylic acids is 1. The lowest BCUT2D eigenvalue weighted by molar-refractivity contribution is -0.131. The first-order chi connectivity index (χ1) is 14.9. The van der Waals surface area contributed by atoms with Crippen molar-refractivity contribution < 1.29 is 9.53 Å². The number of carbonyl (C=O) groups is 1. The Hall–Kier alpha value is -1.39. The summed E-state index contributed by atoms with van der Waals surface area (Å²) in [6, 6.07) is 8.50. The highest BCUT2D eigenvalue weighted by molar-refractivity contribution is 14.0. The van der Waals surface area contributed by atoms with Crippen molar-refractivity contribution in [3.05, 3.63) is 35.4 Å². The van der Waals surface area contributed by atoms with Gasteiger partial charge >= 0.3 is 0 Å². The van der Waals surface area contributed by atoms with Crippen molar-refractivity contribution in [2.75, 3.05) is 46.3 Å². The normalized spacial score (nSPS) is 19.2. The van der Waals surface area contributed by atoms with Gasteiger partial charge in [0.2, 0.25) is 5.91 Å². The number of guanidine groups is 1. The molecule has 1 fully saturated rings. The molecule has 7 nitrogen and oxygen atoms in total. The molecule has 1 aromatic carbocycles. The molecule has 182 valence electrons. The fourth-order valence-corrected chi connectivity index (χ4v) is 4.10. The monoisotopic (exact) mass is 559 g/mol. The number of benzene rings is 1. The van der Waals surface area contributed by atoms with Crippen molar-refractivity contribution in [1.82, 2.24) is 20.0 Å². The van der Waals surface area contributed by atoms with Crippen LogP contribution in [0.4, 0.5) is 0 Å². The van der Waals surface area contributed by atoms with E-state index in [0.29, 0.717) is 13.1 Å². The standard InChI is InChI=1S/C24H41N5O2.HI/c1-7-25-24(27(6)18-23(30)29(8-2)9-3)26-14-21-12-10-11-13-22(21)17-28-15-19(4)31-20(5)16-28;/h10-13,19-20H,7-9,14-18H2,1-6H3,(H,25,26);1H. The van der Waals surface area contributed by atoms with Gasteiger partial charge in [0.05, 0.1) is 25.3 Å². The van der Waals surface area contributed by atoms with Crippen LogP contribution in [0.1, 0.15) is 45.7 Å². The molecule has 1 heterocycles. The summed E-state index contributed by atoms with van der Waals surface area (Å²) in [7, 11) is 1.92. The predicted molar refractivity (Wildman–Crippen MR) is 143 cm³/mol. The van der Waals surface area contributed by atoms with E-state index in [0.717, 1.165) is 45.2 Å². The van der Waals surface area contributed by atoms with E-state index in [1.54, 1.807) is 0 Å². The van der Waals surface area contributed by atoms with Crippen LogP contribution in [-0.2, 0) is 22.6 Å². The van der Waals surface area contributed by atoms with E-state index in [-0.39, 0.29) is 42.1 Å². The van der Waals surface area contributed by atoms with Gasteiger partial charge in [-0.2, -0.15) is 0 Å². The molecule has 8 heteroatoms. The number of ether oxygens (including phenoxy) is 1. The highest BCUT2D eigenvalue weighted by Crippen LogP contribution is 2.17. The highest BCUT2D eigenvalue weighted by Gasteiger charge is 2.22. The van der Waals surface area contributed by atoms with Gasteiger partial charge < -0.3 is 19.9 Å². The molecule has 32 heavy (non-hydrogen) atoms. The Bertz CT molecular complexity index is 716. The molecule has 2 atom stereocenters. The Balaban J connectivity index is 0.00000512. The second kappa shape index (κ2) is 14.7. The lowest BCUT2D eigenvalue weighted by Crippen LogP contribution is -2.45. The number of aliphatic imine (C=N–C) groups is 1. The Morgan fingerprint density at radius 3 is 2.28 bits per heavy atom. The molecule has 1 N–H and O–H groups in total. The van der Waals surface area contributed by atoms with Gasteiger partial charge in [0.25, 0.3) is 0 Å². The minimum absolute atomic E-state index is 0. The number of morpholine rings is 1. The van der Waals surface area contributed by atoms with Crippen LogP contribution in [0.15, 0.2) is 29.3 Å². The van der Waals surface area contributed by atoms with Crippen LogP contribution in [0.25, 0.3) is 0 Å². The Morgan fingerprint density at radius 1 is 1.12 bits per heavy atom. The molecule has 2 rings (SSSR count). The molecule has 1 aromatic rings. The number of hydrogen-bond acceptors (Lipinski definition) is 4. The summed E-state index contributed by atoms with van der Waals surface area (Å²) in [4.78, 5) is 23.6. The van der Waals surface area contributed by atoms with Crippen molar-refractivity contribution >= 4 is 35.8 Å². The van der Waals surface area contributed by atoms with Crippen LogP contribution in [0.3, 0.4) is 0 Å². The zero-order chi connectivity index (χ0) is 22.8. The molecule has 1 amide bonds. The van der Waals surface area contributed by atoms with E-state index in [2.05, 4.69) is 48.3 Å². The summed E-state index contributed by atoms with van der Waals surface area (Å²) in [5.41, 5.74) is 2.51. The number of nitrogens with one attached hydrogen (secondary N) is 1. The minimum Gasteiger partial charge on any atom is -0.373 e. The van der Waals surface area contributed by atoms with Crippen LogP contribution in [-0.4, -0.2) is 85.1 Å². The molecule has 1 aliphatic rings. The SMILES string of the molecule is CCNC(=NCc1ccccc1CN1CC(C)OC(C)C1)N(C)CC(=O)N(CC)CC.I. The quantitative estimate of drug-likeness (QED) is 0.286. The van der Waals surface area contributed by atoms with E-state index in [1.165, 1.54) is 11.1 Å². The molecule has 0 radical (unpaired) electrons. The van der Waals surface area contributed by atoms with Crippen molar-refractivity contribution in [3.8, 4) is 0 Å². The van der Waals surface area contributed by atoms with Gasteiger partial charge in [0, 0.05) is 46.3 Å². The Labute approximate surface area is 211 Å². The van der Waals surface area contributed by atoms with E-state index < -0.39 is 0 Å². The summed E-state index contributed by atoms with van der Waals surface area (Å²) < 4.78 is 5.87. The molecule has 1 saturated heterocycles. The van der Waals surface area contributed by atoms with Crippen LogP contribution in [0.5, 0.6) is 0 Å². The summed E-state index contributed by atoms with van der Waals surface area (Å²) in [5, 5.41) is 3.32. The Morgan fingerprint density at radius 2 is 1.72 bits per heavy atom. The first-order valence-electron chi connectivity index (χ1n) is 11.6. The van der Waals surface area contributed by atoms with Crippen LogP contribution < -0.4 is 5.32 Å². The maximum Gasteiger partial charge on any atom is 0.242 e. The van der Waals surface area contributed by atoms with Gasteiger partial charge in [-0.1, -0.05) is 24.3 Å². The average molecular weight is 560 g/mol. The van der Waals surface area contributed by atoms with E-state index in [9.17, 15) is 4.79 Å². The van der Waals surface area contributed by atoms with Gasteiger partial charge in [0.15, 0.2) is 5.96 Å². The minimum atomic E-state index is 0. The highest BCUT2D eigenvalue weighted by atomic mass is 127. The number of likely N-dealkylation sites (N-methyl/N-ethyl adjacent to an activating group) is 2. The van der Waals surface area contributed by atoms with Gasteiger partial charge in [-0.15, -0.1) is 24.0 Å². The summed E-state index contributed by atoms with van der Waals surface area (Å²) in [6.07, 6.45) is 0.512. The zero-order valence-electron chi connectivity index (χ0n) is 20.6. The number of rotatable bonds is 9. The predicted octanol–water partition coefficient (Wildman–Crippen LogP) is 3.18. The van der Waals surface area contributed by atoms with Crippen molar-refractivity contribution in [2.45, 2.75) is 59.9 Å². The summed E-state index contributed by atoms with van der Waals surface area (Å²) in [5.74, 6) is 0.875. The summed E-state index contributed by atoms with van der Waals surface area (Å²) in [6.45, 7) is 16.2. The largest absolute Gasteiger partial charge is 0.373 e. The smallest absolute Gasteiger partial charge is 0.242 e. The average Bonchev–Trinajstić information content (AvgIpc) is 2.72. The first-order valence-corrected chi connectivity index (χ1v) is 11.6. The van der Waals surface area contributed by atoms with Crippen molar-refractivity contribution in [2.24, 2.45) is 4.99 Å². The Kier molecular flexibility index (Phi) is 13.2. The molecular formula is C24H42IN5O2. The third kappa shape index (κ3) is 8.86. The van der Waals surface area contributed by atoms with Crippen LogP contribution in [0, 0.1) is 0 Å². The summed E-state index contributed by atoms with van der Waals surface area (Å²) >= 11 is 0. The molecule has 0 bridgehead atoms. The second-order valence-electron chi connectivity index (χ2n) is 8.31. The van der Waals surface area contributed by atoms with Gasteiger partial charge in [-0.25, -0.2) is 4.99 Å². The molecule has 1 aliphatic heterocycles. The van der Waals surface area contributed by atoms with Crippen LogP contribution >= 0.6 is 24.0 Å². The maximum atomic E-state index is 12.5. The molecule has 0 aliphatic carbocycles. The third-order valence-electron chi connectivity index (χ3n) is 5.59. The first kappa shape index (κ1) is 28.6. The lowest BCUT2D eigenvalue weighted by atomic mass is 10.1. The second-order valence-corrected chi connectivity index (χ2v) is 8.31. The molecular weight excluding hydrogens is 517 g/mol. The van der Waals surface area contributed by atoms with Gasteiger partial charge in [0.1, 0.15) is 0 Å². The van der Waals surface area contributed by atoms with Crippen molar-refractivity contribution in [3.63, 3.8) is 0 Å². The van der Waals surface area contributed by atoms with Gasteiger partial charge in [-0.05, 0) is 45.7 Å². The van der Waals surface area contributed by atoms with E-state index >= 15 is 0 Å². The van der Waals surface area contributed by atoms with Gasteiger partial charge in [-0.3, -0.25) is 9.69 Å². The zero-order valence-corrected chi connectivity index (χ0v) is 23.0. The maximum absolute atomic E-state index is 12.5. The topological polar surface area (TPSA) is 60.4 Å². The number of nitrogens with zero attached hydrogens (tertiary/aromatic N) is 4. The number of halogens is 1. The molecule has 0 aromatic heterocycles. The van der Waals surface area contributed by atoms with E-state index in [1.807, 2.05) is 37.6 Å². The molecule has 0 spiro atoms. The van der Waals surface area contributed by atoms with Crippen LogP contribution in [0.2, 0.25) is 0 Å². The fraction of sp³-hybridized carbons (Fsp3) is 0.667. The molecule has 0 saturated carbocycles.